The van der Waals surface area contributed by atoms with Gasteiger partial charge in [-0.25, -0.2) is 0 Å². The van der Waals surface area contributed by atoms with E-state index < -0.39 is 17.7 Å². The molecule has 1 N–H and O–H groups in total. The number of aromatic nitrogens is 3. The first-order chi connectivity index (χ1) is 31.0. The van der Waals surface area contributed by atoms with E-state index in [-0.39, 0.29) is 59.6 Å². The zero-order valence-corrected chi connectivity index (χ0v) is 42.5. The Morgan fingerprint density at radius 2 is 1.59 bits per heavy atom. The summed E-state index contributed by atoms with van der Waals surface area (Å²) in [6.07, 6.45) is 18.9. The number of aliphatic hydroxyl groups excluding tert-OH is 1. The molecule has 0 spiro atoms. The van der Waals surface area contributed by atoms with Crippen molar-refractivity contribution in [2.24, 2.45) is 35.5 Å². The first-order valence-corrected chi connectivity index (χ1v) is 23.8. The number of nitrogens with zero attached hydrogens (tertiary/aromatic N) is 4. The molecule has 6 rings (SSSR count). The molecule has 8 bridgehead atoms. The monoisotopic (exact) mass is 907 g/mol. The largest absolute Gasteiger partial charge is 2.00 e. The summed E-state index contributed by atoms with van der Waals surface area (Å²) in [6.45, 7) is 29.1. The smallest absolute Gasteiger partial charge is 0.664 e. The summed E-state index contributed by atoms with van der Waals surface area (Å²) >= 11 is 0. The summed E-state index contributed by atoms with van der Waals surface area (Å²) in [5.41, 5.74) is 8.86. The molecule has 2 aliphatic heterocycles. The van der Waals surface area contributed by atoms with Crippen LogP contribution in [0, 0.1) is 70.1 Å². The Bertz CT molecular complexity index is 2510. The first-order valence-electron chi connectivity index (χ1n) is 23.8. The van der Waals surface area contributed by atoms with Crippen molar-refractivity contribution in [1.82, 2.24) is 15.0 Å². The Morgan fingerprint density at radius 3 is 2.26 bits per heavy atom. The predicted molar refractivity (Wildman–Crippen MR) is 265 cm³/mol. The summed E-state index contributed by atoms with van der Waals surface area (Å²) in [7, 11) is 1.27. The summed E-state index contributed by atoms with van der Waals surface area (Å²) in [5, 5.41) is 18.1. The van der Waals surface area contributed by atoms with E-state index in [4.69, 9.17) is 29.7 Å². The van der Waals surface area contributed by atoms with Crippen LogP contribution < -0.4 is 25.7 Å². The van der Waals surface area contributed by atoms with Crippen molar-refractivity contribution >= 4 is 70.3 Å². The van der Waals surface area contributed by atoms with Gasteiger partial charge in [-0.15, -0.1) is 22.4 Å². The van der Waals surface area contributed by atoms with Gasteiger partial charge < -0.3 is 48.7 Å². The van der Waals surface area contributed by atoms with Gasteiger partial charge in [-0.2, -0.15) is 23.2 Å². The first kappa shape index (κ1) is 52.5. The third-order valence-electron chi connectivity index (χ3n) is 14.1. The van der Waals surface area contributed by atoms with Crippen molar-refractivity contribution in [3.05, 3.63) is 116 Å². The van der Waals surface area contributed by atoms with Crippen LogP contribution in [-0.4, -0.2) is 59.6 Å². The molecule has 3 aliphatic rings. The number of Topliss-reactive ketones (excluding diaryl/α,β-unsaturated/α-hetero) is 1. The van der Waals surface area contributed by atoms with Gasteiger partial charge in [-0.05, 0) is 76.4 Å². The molecule has 1 saturated heterocycles. The molecular formula is C55H70MgN4O6-4. The normalized spacial score (nSPS) is 22.4. The van der Waals surface area contributed by atoms with Gasteiger partial charge >= 0.3 is 35.0 Å². The maximum atomic E-state index is 14.4. The molecule has 0 unspecified atom stereocenters. The fourth-order valence-electron chi connectivity index (χ4n) is 9.99. The minimum absolute atomic E-state index is 0. The van der Waals surface area contributed by atoms with Gasteiger partial charge in [0.2, 0.25) is 0 Å². The van der Waals surface area contributed by atoms with Crippen molar-refractivity contribution in [3.8, 4) is 0 Å². The molecule has 3 aromatic rings. The van der Waals surface area contributed by atoms with Crippen LogP contribution in [0.15, 0.2) is 29.6 Å². The van der Waals surface area contributed by atoms with Crippen molar-refractivity contribution in [2.45, 2.75) is 132 Å². The van der Waals surface area contributed by atoms with Crippen molar-refractivity contribution < 1.29 is 29.0 Å². The van der Waals surface area contributed by atoms with E-state index in [2.05, 4.69) is 41.2 Å². The maximum Gasteiger partial charge on any atom is 2.00 e. The quantitative estimate of drug-likeness (QED) is 0.0385. The standard InChI is InChI=1S/C55H71N4O6.Mg/c1-13-38-36(10)49-54(62)51-39(14-2)34(8)41(57-51)28-42-35(9)40(50(56-42)47-48(55(63)64-12)53(61)46-37(11)43(58-52(46)47)29-44(38)59-49)24-25-45(60)65-27-26-33(7)23-17-22-32(6)21-16-20-31(5)19-15-18-30(3)4;/h14,26,28-32,35,40,48H,2-3,6,13,15-25,27H2,1,4-5,7-12H3,(H2-,56,58,61,62);/q-5;+2/p-1/b33-26-,42-28-,44-29-,54-49+;/t30-,31-,32-,35+,40+,48-;/m1./s1. The number of allylic oxidation sites excluding steroid dienone is 3. The Labute approximate surface area is 409 Å². The van der Waals surface area contributed by atoms with E-state index in [0.717, 1.165) is 48.3 Å². The van der Waals surface area contributed by atoms with Crippen LogP contribution in [0.2, 0.25) is 0 Å². The van der Waals surface area contributed by atoms with Gasteiger partial charge in [0.25, 0.3) is 0 Å². The van der Waals surface area contributed by atoms with Crippen LogP contribution in [0.25, 0.3) is 34.9 Å². The van der Waals surface area contributed by atoms with E-state index in [1.807, 2.05) is 52.8 Å². The van der Waals surface area contributed by atoms with Crippen LogP contribution in [-0.2, 0) is 25.5 Å². The molecule has 1 fully saturated rings. The van der Waals surface area contributed by atoms with Gasteiger partial charge in [0, 0.05) is 12.0 Å². The number of methoxy groups -OCH3 is 1. The van der Waals surface area contributed by atoms with Crippen LogP contribution in [0.4, 0.5) is 0 Å². The molecule has 0 amide bonds. The van der Waals surface area contributed by atoms with E-state index >= 15 is 0 Å². The fraction of sp³-hybridized carbons (Fsp3) is 0.509. The number of carbonyl (C=O) groups is 3. The Balaban J connectivity index is 0.00000817. The van der Waals surface area contributed by atoms with Gasteiger partial charge in [-0.3, -0.25) is 14.4 Å². The van der Waals surface area contributed by atoms with Gasteiger partial charge in [-0.1, -0.05) is 148 Å². The molecule has 0 aromatic carbocycles. The Hall–Kier alpha value is -4.48. The second-order valence-electron chi connectivity index (χ2n) is 19.0. The number of ether oxygens (including phenoxy) is 2. The molecule has 11 heteroatoms. The number of rotatable bonds is 20. The average molecular weight is 907 g/mol. The second-order valence-corrected chi connectivity index (χ2v) is 19.0. The maximum absolute atomic E-state index is 14.4. The van der Waals surface area contributed by atoms with E-state index in [1.54, 1.807) is 6.08 Å². The molecular weight excluding hydrogens is 837 g/mol. The molecule has 352 valence electrons. The number of aliphatic hydroxyl groups is 1. The molecule has 5 heterocycles. The van der Waals surface area contributed by atoms with Crippen molar-refractivity contribution in [2.75, 3.05) is 13.7 Å². The topological polar surface area (TPSA) is 146 Å². The summed E-state index contributed by atoms with van der Waals surface area (Å²) in [5.74, 6) is -1.66. The predicted octanol–water partition coefficient (Wildman–Crippen LogP) is 9.88. The van der Waals surface area contributed by atoms with Gasteiger partial charge in [0.1, 0.15) is 12.5 Å². The zero-order valence-electron chi connectivity index (χ0n) is 41.1. The van der Waals surface area contributed by atoms with Crippen molar-refractivity contribution in [3.63, 3.8) is 0 Å². The van der Waals surface area contributed by atoms with Gasteiger partial charge in [0.05, 0.1) is 12.9 Å². The minimum Gasteiger partial charge on any atom is -0.664 e. The molecule has 3 aromatic heterocycles. The number of ketones is 1. The van der Waals surface area contributed by atoms with E-state index in [9.17, 15) is 19.5 Å². The molecule has 1 aliphatic carbocycles. The Kier molecular flexibility index (Phi) is 18.3. The summed E-state index contributed by atoms with van der Waals surface area (Å²) in [6, 6.07) is 0. The number of fused-ring (bicyclic) bond motifs is 7. The third kappa shape index (κ3) is 11.3. The van der Waals surface area contributed by atoms with Crippen LogP contribution in [0.1, 0.15) is 166 Å². The fourth-order valence-corrected chi connectivity index (χ4v) is 9.99. The van der Waals surface area contributed by atoms with Gasteiger partial charge in [0.15, 0.2) is 5.78 Å². The molecule has 66 heavy (non-hydrogen) atoms. The Morgan fingerprint density at radius 1 is 0.924 bits per heavy atom. The minimum atomic E-state index is -1.26. The molecule has 10 nitrogen and oxygen atoms in total. The number of carbonyl (C=O) groups excluding carboxylic acids is 3. The summed E-state index contributed by atoms with van der Waals surface area (Å²) < 4.78 is 11.0. The van der Waals surface area contributed by atoms with Crippen molar-refractivity contribution in [1.29, 1.82) is 0 Å². The second kappa shape index (κ2) is 23.0. The van der Waals surface area contributed by atoms with E-state index in [0.29, 0.717) is 91.8 Å². The molecule has 0 saturated carbocycles. The number of hydrogen-bond acceptors (Lipinski definition) is 6. The number of esters is 2. The summed E-state index contributed by atoms with van der Waals surface area (Å²) in [4.78, 5) is 56.3. The van der Waals surface area contributed by atoms with Crippen LogP contribution >= 0.6 is 0 Å². The molecule has 0 radical (unpaired) electrons. The third-order valence-corrected chi connectivity index (χ3v) is 14.1. The average Bonchev–Trinajstić information content (AvgIpc) is 4.02. The zero-order chi connectivity index (χ0) is 47.3. The van der Waals surface area contributed by atoms with E-state index in [1.165, 1.54) is 44.8 Å². The van der Waals surface area contributed by atoms with Crippen LogP contribution in [0.5, 0.6) is 0 Å². The SMILES string of the molecule is C=Cc1c2[n-]c(c1C)/C=C1\[N-]/C(=C3\c4[n-]c(c(C)c4C(=O)[C@@H]3C(=O)OC)/C=c3\[n-]/c(c(C)c3CC)=C\2O)[C@@H](CCC(=O)OC/C=C(/C)CCC[C@H]([CH2-])CCC[C@H](C)CCC[C@H]([CH2-])C)[C@@H]1C.[Mg+2]. The molecule has 6 atom stereocenters. The number of hydrogen-bond donors (Lipinski definition) is 1. The van der Waals surface area contributed by atoms with Crippen LogP contribution in [0.3, 0.4) is 0 Å².